The van der Waals surface area contributed by atoms with E-state index in [0.717, 1.165) is 0 Å². The van der Waals surface area contributed by atoms with E-state index < -0.39 is 20.4 Å². The molecule has 3 aromatic carbocycles. The summed E-state index contributed by atoms with van der Waals surface area (Å²) in [6, 6.07) is 13.7. The number of nitrogen functional groups attached to an aromatic ring is 1. The first-order valence-electron chi connectivity index (χ1n) is 16.4. The Balaban J connectivity index is 0.000000180. The summed E-state index contributed by atoms with van der Waals surface area (Å²) in [7, 11) is 12.2. The maximum absolute atomic E-state index is 12.1. The fourth-order valence-corrected chi connectivity index (χ4v) is 5.74. The number of halogens is 3. The SMILES string of the molecule is Cn1cnc2cc(C(=O)Cl)ccc2c1=O.Cn1cnc2cc(C(=O)Nc3nccs3)ccc2c1=O.Cn1cnc2cc(C(=O)O)ccc2c1=O.Nc1nccs1.O=S(Cl)Cl. The molecule has 24 heteroatoms. The Morgan fingerprint density at radius 1 is 0.667 bits per heavy atom. The van der Waals surface area contributed by atoms with Gasteiger partial charge in [0.25, 0.3) is 27.8 Å². The normalized spacial score (nSPS) is 10.2. The molecule has 1 amide bonds. The Bertz CT molecular complexity index is 2900. The molecule has 0 aliphatic heterocycles. The first-order valence-corrected chi connectivity index (χ1v) is 21.3. The van der Waals surface area contributed by atoms with Crippen molar-refractivity contribution < 1.29 is 23.7 Å². The van der Waals surface area contributed by atoms with Crippen LogP contribution in [0.2, 0.25) is 0 Å². The molecule has 0 saturated heterocycles. The lowest BCUT2D eigenvalue weighted by atomic mass is 10.1. The molecular weight excluding hydrogens is 903 g/mol. The third-order valence-corrected chi connectivity index (χ3v) is 9.11. The first-order chi connectivity index (χ1) is 28.5. The summed E-state index contributed by atoms with van der Waals surface area (Å²) in [5.74, 6) is -1.30. The van der Waals surface area contributed by atoms with Crippen LogP contribution in [0.3, 0.4) is 0 Å². The molecule has 18 nitrogen and oxygen atoms in total. The van der Waals surface area contributed by atoms with Gasteiger partial charge in [-0.1, -0.05) is 0 Å². The van der Waals surface area contributed by atoms with Crippen molar-refractivity contribution in [2.75, 3.05) is 11.1 Å². The molecule has 0 radical (unpaired) electrons. The van der Waals surface area contributed by atoms with Crippen LogP contribution in [0.15, 0.2) is 111 Å². The van der Waals surface area contributed by atoms with E-state index in [9.17, 15) is 28.8 Å². The van der Waals surface area contributed by atoms with Crippen molar-refractivity contribution >= 4 is 125 Å². The summed E-state index contributed by atoms with van der Waals surface area (Å²) in [6.07, 6.45) is 7.52. The minimum atomic E-state index is -1.67. The van der Waals surface area contributed by atoms with Gasteiger partial charge >= 0.3 is 5.97 Å². The van der Waals surface area contributed by atoms with Gasteiger partial charge in [0, 0.05) is 76.8 Å². The number of nitrogens with one attached hydrogen (secondary N) is 1. The van der Waals surface area contributed by atoms with Crippen molar-refractivity contribution in [2.24, 2.45) is 21.1 Å². The van der Waals surface area contributed by atoms with Gasteiger partial charge < -0.3 is 24.5 Å². The van der Waals surface area contributed by atoms with E-state index in [1.807, 2.05) is 5.38 Å². The molecule has 0 bridgehead atoms. The summed E-state index contributed by atoms with van der Waals surface area (Å²) < 4.78 is 13.2. The molecule has 5 heterocycles. The number of carbonyl (C=O) groups is 3. The monoisotopic (exact) mass is 930 g/mol. The van der Waals surface area contributed by atoms with Crippen LogP contribution in [0.4, 0.5) is 10.3 Å². The number of nitrogens with zero attached hydrogens (tertiary/aromatic N) is 8. The number of hydrogen-bond acceptors (Lipinski definition) is 15. The van der Waals surface area contributed by atoms with Crippen LogP contribution in [0.1, 0.15) is 31.1 Å². The number of nitrogens with two attached hydrogens (primary N) is 1. The van der Waals surface area contributed by atoms with Crippen LogP contribution in [0, 0.1) is 0 Å². The Kier molecular flexibility index (Phi) is 16.8. The summed E-state index contributed by atoms with van der Waals surface area (Å²) in [5.41, 5.74) is 7.00. The number of carboxylic acid groups (broad SMARTS) is 1. The largest absolute Gasteiger partial charge is 0.478 e. The molecule has 4 N–H and O–H groups in total. The molecule has 8 aromatic rings. The van der Waals surface area contributed by atoms with Gasteiger partial charge in [-0.25, -0.2) is 33.9 Å². The van der Waals surface area contributed by atoms with E-state index >= 15 is 0 Å². The zero-order chi connectivity index (χ0) is 44.1. The minimum absolute atomic E-state index is 0.128. The van der Waals surface area contributed by atoms with Crippen molar-refractivity contribution in [3.05, 3.63) is 144 Å². The van der Waals surface area contributed by atoms with Crippen LogP contribution >= 0.6 is 55.6 Å². The van der Waals surface area contributed by atoms with Gasteiger partial charge in [-0.05, 0) is 66.2 Å². The van der Waals surface area contributed by atoms with E-state index in [0.29, 0.717) is 54.1 Å². The lowest BCUT2D eigenvalue weighted by molar-refractivity contribution is 0.0696. The fraction of sp³-hybridized carbons (Fsp3) is 0.0833. The van der Waals surface area contributed by atoms with Crippen molar-refractivity contribution in [1.82, 2.24) is 38.6 Å². The molecule has 0 saturated carbocycles. The van der Waals surface area contributed by atoms with Crippen LogP contribution in [0.5, 0.6) is 0 Å². The predicted octanol–water partition coefficient (Wildman–Crippen LogP) is 5.35. The van der Waals surface area contributed by atoms with E-state index in [1.54, 1.807) is 63.2 Å². The Hall–Kier alpha value is -6.23. The molecule has 0 fully saturated rings. The zero-order valence-corrected chi connectivity index (χ0v) is 35.8. The molecule has 0 spiro atoms. The van der Waals surface area contributed by atoms with E-state index in [4.69, 9.17) is 26.7 Å². The Labute approximate surface area is 362 Å². The number of aromatic carboxylic acids is 1. The van der Waals surface area contributed by atoms with Gasteiger partial charge in [0.2, 0.25) is 9.23 Å². The van der Waals surface area contributed by atoms with E-state index in [2.05, 4.69) is 51.6 Å². The van der Waals surface area contributed by atoms with Crippen molar-refractivity contribution in [3.63, 3.8) is 0 Å². The number of carbonyl (C=O) groups excluding carboxylic acids is 2. The summed E-state index contributed by atoms with van der Waals surface area (Å²) >= 11 is 8.11. The van der Waals surface area contributed by atoms with Crippen LogP contribution in [-0.4, -0.2) is 65.1 Å². The third-order valence-electron chi connectivity index (χ3n) is 7.60. The maximum Gasteiger partial charge on any atom is 0.335 e. The highest BCUT2D eigenvalue weighted by atomic mass is 36.0. The summed E-state index contributed by atoms with van der Waals surface area (Å²) in [6.45, 7) is 0. The first kappa shape index (κ1) is 46.5. The highest BCUT2D eigenvalue weighted by Crippen LogP contribution is 2.15. The molecule has 8 rings (SSSR count). The molecule has 310 valence electrons. The van der Waals surface area contributed by atoms with Gasteiger partial charge in [0.1, 0.15) is 0 Å². The number of fused-ring (bicyclic) bond motifs is 3. The second-order valence-electron chi connectivity index (χ2n) is 11.6. The van der Waals surface area contributed by atoms with E-state index in [1.165, 1.54) is 85.7 Å². The lowest BCUT2D eigenvalue weighted by Gasteiger charge is -2.04. The van der Waals surface area contributed by atoms with Crippen molar-refractivity contribution in [2.45, 2.75) is 0 Å². The summed E-state index contributed by atoms with van der Waals surface area (Å²) in [5, 5.41) is 17.1. The maximum atomic E-state index is 12.1. The fourth-order valence-electron chi connectivity index (χ4n) is 4.72. The van der Waals surface area contributed by atoms with Crippen molar-refractivity contribution in [1.29, 1.82) is 0 Å². The molecular formula is C36H29Cl3N10O8S3. The number of aromatic nitrogens is 8. The minimum Gasteiger partial charge on any atom is -0.478 e. The second kappa shape index (κ2) is 21.7. The number of amides is 1. The highest BCUT2D eigenvalue weighted by molar-refractivity contribution is 8.26. The molecule has 0 aliphatic rings. The smallest absolute Gasteiger partial charge is 0.335 e. The standard InChI is InChI=1S/C13H10N4O2S.C10H7ClN2O2.C10H8N2O3.C3H4N2S.Cl2OS/c1-17-7-15-10-6-8(2-3-9(10)12(17)19)11(18)16-13-14-4-5-20-13;1-13-5-12-8-4-6(9(11)14)2-3-7(8)10(13)15;1-12-5-11-8-4-6(10(14)15)2-3-7(8)9(12)13;4-3-5-1-2-6-3;1-4(2)3/h2-7H,1H3,(H,14,16,18);2-5H,1H3;2-5H,1H3,(H,14,15);1-2H,(H2,4,5);. The van der Waals surface area contributed by atoms with Gasteiger partial charge in [-0.15, -0.1) is 22.7 Å². The van der Waals surface area contributed by atoms with E-state index in [-0.39, 0.29) is 28.1 Å². The number of carboxylic acids is 1. The van der Waals surface area contributed by atoms with Gasteiger partial charge in [-0.2, -0.15) is 0 Å². The average molecular weight is 932 g/mol. The average Bonchev–Trinajstić information content (AvgIpc) is 3.93. The number of rotatable bonds is 4. The number of benzene rings is 3. The van der Waals surface area contributed by atoms with Gasteiger partial charge in [0.15, 0.2) is 10.3 Å². The molecule has 0 unspecified atom stereocenters. The molecule has 60 heavy (non-hydrogen) atoms. The Morgan fingerprint density at radius 3 is 1.43 bits per heavy atom. The predicted molar refractivity (Wildman–Crippen MR) is 235 cm³/mol. The van der Waals surface area contributed by atoms with Gasteiger partial charge in [-0.3, -0.25) is 29.3 Å². The number of thiazole rings is 2. The molecule has 0 aliphatic carbocycles. The molecule has 0 atom stereocenters. The molecule has 5 aromatic heterocycles. The number of anilines is 2. The zero-order valence-electron chi connectivity index (χ0n) is 31.1. The second-order valence-corrected chi connectivity index (χ2v) is 16.3. The van der Waals surface area contributed by atoms with Crippen LogP contribution in [-0.2, 0) is 30.4 Å². The van der Waals surface area contributed by atoms with Crippen LogP contribution in [0.25, 0.3) is 32.7 Å². The van der Waals surface area contributed by atoms with Gasteiger partial charge in [0.05, 0.1) is 57.3 Å². The van der Waals surface area contributed by atoms with Crippen LogP contribution < -0.4 is 27.7 Å². The quantitative estimate of drug-likeness (QED) is 0.188. The lowest BCUT2D eigenvalue weighted by Crippen LogP contribution is -2.17. The highest BCUT2D eigenvalue weighted by Gasteiger charge is 2.11. The third kappa shape index (κ3) is 12.9. The topological polar surface area (TPSA) is 257 Å². The Morgan fingerprint density at radius 2 is 1.07 bits per heavy atom. The summed E-state index contributed by atoms with van der Waals surface area (Å²) in [4.78, 5) is 88.6. The number of hydrogen-bond donors (Lipinski definition) is 3. The van der Waals surface area contributed by atoms with Crippen molar-refractivity contribution in [3.8, 4) is 0 Å². The number of aryl methyl sites for hydroxylation is 3.